The van der Waals surface area contributed by atoms with Gasteiger partial charge in [-0.05, 0) is 25.3 Å². The van der Waals surface area contributed by atoms with Crippen LogP contribution in [0.1, 0.15) is 25.5 Å². The van der Waals surface area contributed by atoms with Crippen molar-refractivity contribution in [2.24, 2.45) is 0 Å². The lowest BCUT2D eigenvalue weighted by atomic mass is 10.3. The minimum absolute atomic E-state index is 0.554. The molecule has 76 valence electrons. The minimum Gasteiger partial charge on any atom is -0.341 e. The molecule has 1 aromatic rings. The summed E-state index contributed by atoms with van der Waals surface area (Å²) in [5.74, 6) is 0.798. The summed E-state index contributed by atoms with van der Waals surface area (Å²) < 4.78 is 0. The monoisotopic (exact) mass is 211 g/mol. The summed E-state index contributed by atoms with van der Waals surface area (Å²) in [5, 5.41) is 0.554. The number of aromatic nitrogens is 2. The number of hydrogen-bond acceptors (Lipinski definition) is 3. The van der Waals surface area contributed by atoms with E-state index < -0.39 is 0 Å². The maximum Gasteiger partial charge on any atom is 0.226 e. The summed E-state index contributed by atoms with van der Waals surface area (Å²) in [6, 6.07) is 1.83. The topological polar surface area (TPSA) is 29.0 Å². The molecule has 0 radical (unpaired) electrons. The average molecular weight is 212 g/mol. The molecule has 0 aromatic carbocycles. The first kappa shape index (κ1) is 9.71. The standard InChI is InChI=1S/C10H14ClN3/c1-2-8-7-9(11)13-10(12-8)14-5-3-4-6-14/h7H,2-6H2,1H3. The zero-order chi connectivity index (χ0) is 9.97. The molecule has 1 aliphatic rings. The summed E-state index contributed by atoms with van der Waals surface area (Å²) in [4.78, 5) is 10.9. The average Bonchev–Trinajstić information content (AvgIpc) is 2.69. The van der Waals surface area contributed by atoms with Crippen molar-refractivity contribution in [1.82, 2.24) is 9.97 Å². The predicted molar refractivity (Wildman–Crippen MR) is 57.9 cm³/mol. The molecular formula is C10H14ClN3. The van der Waals surface area contributed by atoms with Crippen molar-refractivity contribution in [2.75, 3.05) is 18.0 Å². The van der Waals surface area contributed by atoms with Gasteiger partial charge < -0.3 is 4.90 Å². The van der Waals surface area contributed by atoms with Gasteiger partial charge in [0.25, 0.3) is 0 Å². The van der Waals surface area contributed by atoms with Gasteiger partial charge in [-0.25, -0.2) is 9.97 Å². The molecule has 0 bridgehead atoms. The zero-order valence-corrected chi connectivity index (χ0v) is 9.09. The van der Waals surface area contributed by atoms with E-state index in [-0.39, 0.29) is 0 Å². The van der Waals surface area contributed by atoms with E-state index in [1.807, 2.05) is 6.07 Å². The first-order chi connectivity index (χ1) is 6.79. The fourth-order valence-electron chi connectivity index (χ4n) is 1.69. The Balaban J connectivity index is 2.27. The smallest absolute Gasteiger partial charge is 0.226 e. The van der Waals surface area contributed by atoms with Crippen LogP contribution in [-0.2, 0) is 6.42 Å². The second-order valence-electron chi connectivity index (χ2n) is 3.53. The van der Waals surface area contributed by atoms with E-state index >= 15 is 0 Å². The third-order valence-corrected chi connectivity index (χ3v) is 2.68. The van der Waals surface area contributed by atoms with Gasteiger partial charge in [0, 0.05) is 18.8 Å². The third-order valence-electron chi connectivity index (χ3n) is 2.49. The Morgan fingerprint density at radius 1 is 1.36 bits per heavy atom. The number of nitrogens with zero attached hydrogens (tertiary/aromatic N) is 3. The molecule has 0 N–H and O–H groups in total. The molecule has 14 heavy (non-hydrogen) atoms. The zero-order valence-electron chi connectivity index (χ0n) is 8.33. The summed E-state index contributed by atoms with van der Waals surface area (Å²) >= 11 is 5.93. The van der Waals surface area contributed by atoms with Crippen molar-refractivity contribution in [2.45, 2.75) is 26.2 Å². The molecule has 1 aromatic heterocycles. The van der Waals surface area contributed by atoms with Gasteiger partial charge in [-0.15, -0.1) is 0 Å². The van der Waals surface area contributed by atoms with E-state index in [9.17, 15) is 0 Å². The molecule has 4 heteroatoms. The van der Waals surface area contributed by atoms with Gasteiger partial charge in [0.15, 0.2) is 0 Å². The molecule has 0 saturated carbocycles. The lowest BCUT2D eigenvalue weighted by Gasteiger charge is -2.15. The van der Waals surface area contributed by atoms with Crippen LogP contribution >= 0.6 is 11.6 Å². The highest BCUT2D eigenvalue weighted by molar-refractivity contribution is 6.29. The first-order valence-electron chi connectivity index (χ1n) is 5.08. The lowest BCUT2D eigenvalue weighted by Crippen LogP contribution is -2.20. The Bertz CT molecular complexity index is 321. The van der Waals surface area contributed by atoms with Crippen LogP contribution in [0.2, 0.25) is 5.15 Å². The van der Waals surface area contributed by atoms with E-state index in [1.165, 1.54) is 12.8 Å². The summed E-state index contributed by atoms with van der Waals surface area (Å²) in [7, 11) is 0. The maximum atomic E-state index is 5.93. The van der Waals surface area contributed by atoms with Crippen molar-refractivity contribution in [3.8, 4) is 0 Å². The predicted octanol–water partition coefficient (Wildman–Crippen LogP) is 2.29. The molecule has 0 amide bonds. The van der Waals surface area contributed by atoms with Crippen LogP contribution in [0.5, 0.6) is 0 Å². The third kappa shape index (κ3) is 1.98. The lowest BCUT2D eigenvalue weighted by molar-refractivity contribution is 0.875. The summed E-state index contributed by atoms with van der Waals surface area (Å²) in [6.07, 6.45) is 3.37. The largest absolute Gasteiger partial charge is 0.341 e. The Kier molecular flexibility index (Phi) is 2.87. The molecule has 2 heterocycles. The number of rotatable bonds is 2. The van der Waals surface area contributed by atoms with Crippen LogP contribution in [0.25, 0.3) is 0 Å². The highest BCUT2D eigenvalue weighted by Gasteiger charge is 2.15. The molecule has 3 nitrogen and oxygen atoms in total. The molecule has 0 aliphatic carbocycles. The Hall–Kier alpha value is -0.830. The molecule has 2 rings (SSSR count). The van der Waals surface area contributed by atoms with E-state index in [0.29, 0.717) is 5.15 Å². The van der Waals surface area contributed by atoms with Crippen molar-refractivity contribution in [3.63, 3.8) is 0 Å². The number of anilines is 1. The van der Waals surface area contributed by atoms with Crippen LogP contribution in [0, 0.1) is 0 Å². The number of halogens is 1. The molecule has 0 spiro atoms. The van der Waals surface area contributed by atoms with Gasteiger partial charge in [0.1, 0.15) is 5.15 Å². The molecular weight excluding hydrogens is 198 g/mol. The van der Waals surface area contributed by atoms with Gasteiger partial charge in [-0.1, -0.05) is 18.5 Å². The molecule has 1 saturated heterocycles. The van der Waals surface area contributed by atoms with Crippen molar-refractivity contribution >= 4 is 17.5 Å². The highest BCUT2D eigenvalue weighted by Crippen LogP contribution is 2.18. The van der Waals surface area contributed by atoms with Crippen LogP contribution in [0.3, 0.4) is 0 Å². The normalized spacial score (nSPS) is 16.3. The highest BCUT2D eigenvalue weighted by atomic mass is 35.5. The molecule has 1 aliphatic heterocycles. The van der Waals surface area contributed by atoms with Crippen LogP contribution in [0.4, 0.5) is 5.95 Å². The second kappa shape index (κ2) is 4.13. The van der Waals surface area contributed by atoms with Crippen molar-refractivity contribution in [3.05, 3.63) is 16.9 Å². The minimum atomic E-state index is 0.554. The van der Waals surface area contributed by atoms with E-state index in [4.69, 9.17) is 11.6 Å². The molecule has 1 fully saturated rings. The Morgan fingerprint density at radius 2 is 2.07 bits per heavy atom. The number of hydrogen-bond donors (Lipinski definition) is 0. The SMILES string of the molecule is CCc1cc(Cl)nc(N2CCCC2)n1. The molecule has 0 unspecified atom stereocenters. The Morgan fingerprint density at radius 3 is 2.71 bits per heavy atom. The van der Waals surface area contributed by atoms with Gasteiger partial charge in [-0.3, -0.25) is 0 Å². The van der Waals surface area contributed by atoms with Crippen LogP contribution < -0.4 is 4.90 Å². The van der Waals surface area contributed by atoms with Gasteiger partial charge in [0.05, 0.1) is 0 Å². The van der Waals surface area contributed by atoms with Gasteiger partial charge >= 0.3 is 0 Å². The quantitative estimate of drug-likeness (QED) is 0.703. The number of aryl methyl sites for hydroxylation is 1. The summed E-state index contributed by atoms with van der Waals surface area (Å²) in [6.45, 7) is 4.19. The first-order valence-corrected chi connectivity index (χ1v) is 5.46. The van der Waals surface area contributed by atoms with Gasteiger partial charge in [-0.2, -0.15) is 0 Å². The van der Waals surface area contributed by atoms with E-state index in [1.54, 1.807) is 0 Å². The second-order valence-corrected chi connectivity index (χ2v) is 3.92. The van der Waals surface area contributed by atoms with Gasteiger partial charge in [0.2, 0.25) is 5.95 Å². The van der Waals surface area contributed by atoms with E-state index in [0.717, 1.165) is 31.2 Å². The fourth-order valence-corrected chi connectivity index (χ4v) is 1.89. The van der Waals surface area contributed by atoms with Crippen LogP contribution in [-0.4, -0.2) is 23.1 Å². The van der Waals surface area contributed by atoms with Crippen molar-refractivity contribution < 1.29 is 0 Å². The Labute approximate surface area is 89.1 Å². The molecule has 0 atom stereocenters. The van der Waals surface area contributed by atoms with E-state index in [2.05, 4.69) is 21.8 Å². The van der Waals surface area contributed by atoms with Crippen LogP contribution in [0.15, 0.2) is 6.07 Å². The fraction of sp³-hybridized carbons (Fsp3) is 0.600. The van der Waals surface area contributed by atoms with Crippen molar-refractivity contribution in [1.29, 1.82) is 0 Å². The summed E-state index contributed by atoms with van der Waals surface area (Å²) in [5.41, 5.74) is 1.02. The maximum absolute atomic E-state index is 5.93.